The summed E-state index contributed by atoms with van der Waals surface area (Å²) in [5.74, 6) is -1.02. The predicted octanol–water partition coefficient (Wildman–Crippen LogP) is 2.06. The maximum atomic E-state index is 12.5. The molecule has 21 heavy (non-hydrogen) atoms. The zero-order valence-corrected chi connectivity index (χ0v) is 11.9. The molecule has 0 saturated carbocycles. The van der Waals surface area contributed by atoms with Crippen LogP contribution in [0.15, 0.2) is 34.9 Å². The van der Waals surface area contributed by atoms with E-state index in [2.05, 4.69) is 5.16 Å². The van der Waals surface area contributed by atoms with Gasteiger partial charge in [0.1, 0.15) is 23.6 Å². The van der Waals surface area contributed by atoms with Crippen LogP contribution in [0.4, 0.5) is 0 Å². The number of aryl methyl sites for hydroxylation is 1. The fraction of sp³-hybridized carbons (Fsp3) is 0.267. The lowest BCUT2D eigenvalue weighted by atomic mass is 10.0. The van der Waals surface area contributed by atoms with Gasteiger partial charge in [-0.3, -0.25) is 9.59 Å². The van der Waals surface area contributed by atoms with Crippen LogP contribution in [0.25, 0.3) is 11.3 Å². The summed E-state index contributed by atoms with van der Waals surface area (Å²) >= 11 is 0. The molecule has 0 aliphatic carbocycles. The van der Waals surface area contributed by atoms with Gasteiger partial charge < -0.3 is 14.5 Å². The molecule has 1 heterocycles. The Morgan fingerprint density at radius 2 is 1.95 bits per heavy atom. The molecule has 0 aliphatic rings. The molecule has 0 radical (unpaired) electrons. The highest BCUT2D eigenvalue weighted by Crippen LogP contribution is 2.26. The summed E-state index contributed by atoms with van der Waals surface area (Å²) in [4.78, 5) is 24.4. The summed E-state index contributed by atoms with van der Waals surface area (Å²) in [5.41, 5.74) is 1.52. The van der Waals surface area contributed by atoms with Gasteiger partial charge in [-0.05, 0) is 0 Å². The SMILES string of the molecule is CCc1onc(-c2ccccc2)c1C(=O)N(C)CC(=O)O. The van der Waals surface area contributed by atoms with Gasteiger partial charge in [0.15, 0.2) is 0 Å². The predicted molar refractivity (Wildman–Crippen MR) is 75.9 cm³/mol. The van der Waals surface area contributed by atoms with E-state index < -0.39 is 11.9 Å². The number of carbonyl (C=O) groups is 2. The van der Waals surface area contributed by atoms with E-state index in [1.807, 2.05) is 37.3 Å². The number of hydrogen-bond donors (Lipinski definition) is 1. The zero-order valence-electron chi connectivity index (χ0n) is 11.9. The van der Waals surface area contributed by atoms with Crippen LogP contribution in [0, 0.1) is 0 Å². The minimum atomic E-state index is -1.07. The number of carbonyl (C=O) groups excluding carboxylic acids is 1. The first kappa shape index (κ1) is 14.8. The van der Waals surface area contributed by atoms with Gasteiger partial charge in [0.05, 0.1) is 0 Å². The molecule has 110 valence electrons. The number of likely N-dealkylation sites (N-methyl/N-ethyl adjacent to an activating group) is 1. The smallest absolute Gasteiger partial charge is 0.323 e. The standard InChI is InChI=1S/C15H16N2O4/c1-3-11-13(15(20)17(2)9-12(18)19)14(16-21-11)10-7-5-4-6-8-10/h4-8H,3,9H2,1-2H3,(H,18,19). The Hall–Kier alpha value is -2.63. The first-order valence-corrected chi connectivity index (χ1v) is 6.55. The van der Waals surface area contributed by atoms with E-state index >= 15 is 0 Å². The Morgan fingerprint density at radius 3 is 2.52 bits per heavy atom. The van der Waals surface area contributed by atoms with Gasteiger partial charge in [0, 0.05) is 19.0 Å². The van der Waals surface area contributed by atoms with Crippen molar-refractivity contribution in [3.8, 4) is 11.3 Å². The number of benzene rings is 1. The third kappa shape index (κ3) is 3.10. The molecule has 6 nitrogen and oxygen atoms in total. The van der Waals surface area contributed by atoms with Gasteiger partial charge in [0.25, 0.3) is 5.91 Å². The minimum Gasteiger partial charge on any atom is -0.480 e. The summed E-state index contributed by atoms with van der Waals surface area (Å²) in [6, 6.07) is 9.19. The number of aliphatic carboxylic acids is 1. The van der Waals surface area contributed by atoms with E-state index in [9.17, 15) is 9.59 Å². The monoisotopic (exact) mass is 288 g/mol. The second-order valence-corrected chi connectivity index (χ2v) is 4.60. The number of hydrogen-bond acceptors (Lipinski definition) is 4. The lowest BCUT2D eigenvalue weighted by Gasteiger charge is -2.14. The zero-order chi connectivity index (χ0) is 15.4. The Labute approximate surface area is 122 Å². The maximum Gasteiger partial charge on any atom is 0.323 e. The van der Waals surface area contributed by atoms with E-state index in [4.69, 9.17) is 9.63 Å². The van der Waals surface area contributed by atoms with Crippen molar-refractivity contribution in [1.29, 1.82) is 0 Å². The van der Waals surface area contributed by atoms with E-state index in [0.717, 1.165) is 10.5 Å². The van der Waals surface area contributed by atoms with Gasteiger partial charge in [-0.2, -0.15) is 0 Å². The fourth-order valence-corrected chi connectivity index (χ4v) is 2.04. The van der Waals surface area contributed by atoms with Gasteiger partial charge in [-0.15, -0.1) is 0 Å². The first-order valence-electron chi connectivity index (χ1n) is 6.55. The average molecular weight is 288 g/mol. The molecule has 0 atom stereocenters. The summed E-state index contributed by atoms with van der Waals surface area (Å²) < 4.78 is 5.23. The Morgan fingerprint density at radius 1 is 1.29 bits per heavy atom. The topological polar surface area (TPSA) is 83.6 Å². The van der Waals surface area contributed by atoms with Crippen LogP contribution < -0.4 is 0 Å². The quantitative estimate of drug-likeness (QED) is 0.910. The number of amides is 1. The summed E-state index contributed by atoms with van der Waals surface area (Å²) in [7, 11) is 1.44. The highest BCUT2D eigenvalue weighted by Gasteiger charge is 2.26. The van der Waals surface area contributed by atoms with Gasteiger partial charge in [0.2, 0.25) is 0 Å². The molecule has 0 unspecified atom stereocenters. The summed E-state index contributed by atoms with van der Waals surface area (Å²) in [5, 5.41) is 12.8. The number of aromatic nitrogens is 1. The molecular formula is C15H16N2O4. The Kier molecular flexibility index (Phi) is 4.37. The van der Waals surface area contributed by atoms with Crippen molar-refractivity contribution in [2.45, 2.75) is 13.3 Å². The van der Waals surface area contributed by atoms with Crippen molar-refractivity contribution in [2.24, 2.45) is 0 Å². The molecule has 2 rings (SSSR count). The molecule has 6 heteroatoms. The Bertz CT molecular complexity index is 649. The van der Waals surface area contributed by atoms with E-state index in [0.29, 0.717) is 23.4 Å². The van der Waals surface area contributed by atoms with Gasteiger partial charge >= 0.3 is 5.97 Å². The lowest BCUT2D eigenvalue weighted by Crippen LogP contribution is -2.32. The van der Waals surface area contributed by atoms with Gasteiger partial charge in [-0.25, -0.2) is 0 Å². The molecule has 1 N–H and O–H groups in total. The van der Waals surface area contributed by atoms with Crippen LogP contribution in [-0.4, -0.2) is 40.6 Å². The largest absolute Gasteiger partial charge is 0.480 e. The van der Waals surface area contributed by atoms with Crippen LogP contribution in [-0.2, 0) is 11.2 Å². The fourth-order valence-electron chi connectivity index (χ4n) is 2.04. The minimum absolute atomic E-state index is 0.326. The van der Waals surface area contributed by atoms with Crippen LogP contribution in [0.3, 0.4) is 0 Å². The third-order valence-corrected chi connectivity index (χ3v) is 3.06. The van der Waals surface area contributed by atoms with Crippen molar-refractivity contribution < 1.29 is 19.2 Å². The van der Waals surface area contributed by atoms with Crippen LogP contribution in [0.1, 0.15) is 23.0 Å². The molecule has 0 spiro atoms. The number of nitrogens with zero attached hydrogens (tertiary/aromatic N) is 2. The van der Waals surface area contributed by atoms with Crippen molar-refractivity contribution >= 4 is 11.9 Å². The third-order valence-electron chi connectivity index (χ3n) is 3.06. The molecule has 2 aromatic rings. The van der Waals surface area contributed by atoms with Crippen molar-refractivity contribution in [3.63, 3.8) is 0 Å². The Balaban J connectivity index is 2.44. The molecule has 1 aromatic carbocycles. The molecule has 0 aliphatic heterocycles. The van der Waals surface area contributed by atoms with Crippen molar-refractivity contribution in [3.05, 3.63) is 41.7 Å². The normalized spacial score (nSPS) is 10.4. The van der Waals surface area contributed by atoms with Gasteiger partial charge in [-0.1, -0.05) is 42.4 Å². The number of carboxylic acid groups (broad SMARTS) is 1. The maximum absolute atomic E-state index is 12.5. The van der Waals surface area contributed by atoms with E-state index in [-0.39, 0.29) is 6.54 Å². The lowest BCUT2D eigenvalue weighted by molar-refractivity contribution is -0.137. The van der Waals surface area contributed by atoms with E-state index in [1.54, 1.807) is 0 Å². The van der Waals surface area contributed by atoms with Crippen molar-refractivity contribution in [1.82, 2.24) is 10.1 Å². The second kappa shape index (κ2) is 6.21. The van der Waals surface area contributed by atoms with Crippen molar-refractivity contribution in [2.75, 3.05) is 13.6 Å². The second-order valence-electron chi connectivity index (χ2n) is 4.60. The number of rotatable bonds is 5. The molecule has 0 bridgehead atoms. The molecule has 1 amide bonds. The number of carboxylic acids is 1. The van der Waals surface area contributed by atoms with Crippen LogP contribution in [0.5, 0.6) is 0 Å². The highest BCUT2D eigenvalue weighted by molar-refractivity contribution is 6.01. The highest BCUT2D eigenvalue weighted by atomic mass is 16.5. The first-order chi connectivity index (χ1) is 10.0. The molecule has 1 aromatic heterocycles. The van der Waals surface area contributed by atoms with E-state index in [1.165, 1.54) is 7.05 Å². The average Bonchev–Trinajstić information content (AvgIpc) is 2.90. The van der Waals surface area contributed by atoms with Crippen LogP contribution >= 0.6 is 0 Å². The molecular weight excluding hydrogens is 272 g/mol. The van der Waals surface area contributed by atoms with Crippen LogP contribution in [0.2, 0.25) is 0 Å². The molecule has 0 fully saturated rings. The summed E-state index contributed by atoms with van der Waals surface area (Å²) in [6.07, 6.45) is 0.502. The summed E-state index contributed by atoms with van der Waals surface area (Å²) in [6.45, 7) is 1.48. The molecule has 0 saturated heterocycles.